The van der Waals surface area contributed by atoms with Crippen LogP contribution < -0.4 is 5.32 Å². The number of rotatable bonds is 3. The quantitative estimate of drug-likeness (QED) is 0.327. The highest BCUT2D eigenvalue weighted by Gasteiger charge is 2.25. The van der Waals surface area contributed by atoms with Crippen molar-refractivity contribution in [2.24, 2.45) is 0 Å². The lowest BCUT2D eigenvalue weighted by Gasteiger charge is -1.97. The summed E-state index contributed by atoms with van der Waals surface area (Å²) >= 11 is 0. The second-order valence-electron chi connectivity index (χ2n) is 3.20. The van der Waals surface area contributed by atoms with E-state index in [2.05, 4.69) is 16.6 Å². The molecule has 0 aliphatic carbocycles. The molecule has 1 N–H and O–H groups in total. The summed E-state index contributed by atoms with van der Waals surface area (Å²) in [5.41, 5.74) is 0.693. The molecule has 1 saturated heterocycles. The van der Waals surface area contributed by atoms with E-state index in [0.29, 0.717) is 5.70 Å². The van der Waals surface area contributed by atoms with Crippen molar-refractivity contribution >= 4 is 17.8 Å². The summed E-state index contributed by atoms with van der Waals surface area (Å²) in [6, 6.07) is 0. The van der Waals surface area contributed by atoms with Crippen molar-refractivity contribution in [2.45, 2.75) is 13.3 Å². The molecule has 0 atom stereocenters. The van der Waals surface area contributed by atoms with Gasteiger partial charge in [-0.2, -0.15) is 0 Å². The van der Waals surface area contributed by atoms with Crippen molar-refractivity contribution in [3.63, 3.8) is 0 Å². The van der Waals surface area contributed by atoms with E-state index >= 15 is 0 Å². The molecule has 1 fully saturated rings. The molecular formula is C11H11NO4. The molecule has 0 aromatic rings. The van der Waals surface area contributed by atoms with Gasteiger partial charge in [-0.3, -0.25) is 9.59 Å². The molecule has 1 aliphatic rings. The molecule has 0 saturated carbocycles. The number of cyclic esters (lactones) is 2. The Morgan fingerprint density at radius 1 is 1.50 bits per heavy atom. The van der Waals surface area contributed by atoms with Gasteiger partial charge in [0.15, 0.2) is 0 Å². The summed E-state index contributed by atoms with van der Waals surface area (Å²) in [5.74, 6) is -1.40. The summed E-state index contributed by atoms with van der Waals surface area (Å²) in [7, 11) is 0. The highest BCUT2D eigenvalue weighted by molar-refractivity contribution is 6.05. The van der Waals surface area contributed by atoms with E-state index < -0.39 is 11.9 Å². The van der Waals surface area contributed by atoms with E-state index in [1.807, 2.05) is 0 Å². The van der Waals surface area contributed by atoms with Crippen LogP contribution in [-0.2, 0) is 19.1 Å². The van der Waals surface area contributed by atoms with Gasteiger partial charge >= 0.3 is 11.9 Å². The van der Waals surface area contributed by atoms with Crippen molar-refractivity contribution in [3.05, 3.63) is 36.1 Å². The molecule has 1 heterocycles. The zero-order valence-corrected chi connectivity index (χ0v) is 8.78. The Labute approximate surface area is 92.5 Å². The van der Waals surface area contributed by atoms with Crippen LogP contribution in [0.5, 0.6) is 0 Å². The van der Waals surface area contributed by atoms with Gasteiger partial charge in [-0.05, 0) is 6.08 Å². The fourth-order valence-electron chi connectivity index (χ4n) is 1.11. The molecule has 0 bridgehead atoms. The molecule has 1 rings (SSSR count). The number of carbonyl (C=O) groups is 3. The smallest absolute Gasteiger partial charge is 0.342 e. The molecule has 84 valence electrons. The lowest BCUT2D eigenvalue weighted by Crippen LogP contribution is -2.16. The predicted molar refractivity (Wildman–Crippen MR) is 55.9 cm³/mol. The number of nitrogens with one attached hydrogen (secondary N) is 1. The van der Waals surface area contributed by atoms with Crippen LogP contribution in [0.1, 0.15) is 13.3 Å². The van der Waals surface area contributed by atoms with Gasteiger partial charge in [0.05, 0.1) is 6.42 Å². The average molecular weight is 221 g/mol. The Balaban J connectivity index is 2.56. The number of allylic oxidation sites excluding steroid dienone is 3. The second kappa shape index (κ2) is 5.06. The predicted octanol–water partition coefficient (Wildman–Crippen LogP) is 0.592. The van der Waals surface area contributed by atoms with Crippen LogP contribution in [0.2, 0.25) is 0 Å². The lowest BCUT2D eigenvalue weighted by atomic mass is 10.2. The second-order valence-corrected chi connectivity index (χ2v) is 3.20. The lowest BCUT2D eigenvalue weighted by molar-refractivity contribution is -0.151. The van der Waals surface area contributed by atoms with E-state index in [1.54, 1.807) is 0 Å². The van der Waals surface area contributed by atoms with E-state index in [4.69, 9.17) is 0 Å². The number of amides is 1. The molecule has 0 radical (unpaired) electrons. The maximum Gasteiger partial charge on any atom is 0.342 e. The topological polar surface area (TPSA) is 72.5 Å². The average Bonchev–Trinajstić information content (AvgIpc) is 2.44. The van der Waals surface area contributed by atoms with Gasteiger partial charge < -0.3 is 10.1 Å². The summed E-state index contributed by atoms with van der Waals surface area (Å²) in [6.45, 7) is 4.93. The minimum absolute atomic E-state index is 0.0181. The first kappa shape index (κ1) is 11.9. The van der Waals surface area contributed by atoms with Crippen LogP contribution >= 0.6 is 0 Å². The summed E-state index contributed by atoms with van der Waals surface area (Å²) in [4.78, 5) is 32.4. The summed E-state index contributed by atoms with van der Waals surface area (Å²) in [6.07, 6.45) is 4.48. The summed E-state index contributed by atoms with van der Waals surface area (Å²) < 4.78 is 4.32. The fourth-order valence-corrected chi connectivity index (χ4v) is 1.11. The zero-order chi connectivity index (χ0) is 12.1. The Morgan fingerprint density at radius 3 is 2.69 bits per heavy atom. The summed E-state index contributed by atoms with van der Waals surface area (Å²) in [5, 5.41) is 2.46. The Kier molecular flexibility index (Phi) is 3.77. The van der Waals surface area contributed by atoms with Crippen LogP contribution in [0.15, 0.2) is 36.1 Å². The van der Waals surface area contributed by atoms with E-state index in [-0.39, 0.29) is 17.9 Å². The first-order valence-corrected chi connectivity index (χ1v) is 4.58. The first-order chi connectivity index (χ1) is 7.49. The number of esters is 2. The molecule has 1 amide bonds. The van der Waals surface area contributed by atoms with Gasteiger partial charge in [0.25, 0.3) is 0 Å². The standard InChI is InChI=1S/C11H11NO4/c1-7(12-8(2)13)4-3-5-9-6-10(14)16-11(9)15/h3-5H,1,6H2,2H3,(H,12,13)/b4-3-,9-5+. The number of carbonyl (C=O) groups excluding carboxylic acids is 3. The zero-order valence-electron chi connectivity index (χ0n) is 8.78. The highest BCUT2D eigenvalue weighted by Crippen LogP contribution is 2.14. The van der Waals surface area contributed by atoms with Crippen LogP contribution in [0.4, 0.5) is 0 Å². The van der Waals surface area contributed by atoms with Crippen LogP contribution in [0.25, 0.3) is 0 Å². The Morgan fingerprint density at radius 2 is 2.19 bits per heavy atom. The number of ether oxygens (including phenoxy) is 1. The van der Waals surface area contributed by atoms with Crippen molar-refractivity contribution in [3.8, 4) is 0 Å². The molecule has 0 aromatic carbocycles. The van der Waals surface area contributed by atoms with E-state index in [1.165, 1.54) is 25.2 Å². The van der Waals surface area contributed by atoms with E-state index in [9.17, 15) is 14.4 Å². The molecule has 16 heavy (non-hydrogen) atoms. The van der Waals surface area contributed by atoms with Crippen molar-refractivity contribution < 1.29 is 19.1 Å². The van der Waals surface area contributed by atoms with Gasteiger partial charge in [0, 0.05) is 18.2 Å². The molecule has 0 aromatic heterocycles. The fraction of sp³-hybridized carbons (Fsp3) is 0.182. The molecule has 0 unspecified atom stereocenters. The molecule has 1 aliphatic heterocycles. The molecular weight excluding hydrogens is 210 g/mol. The van der Waals surface area contributed by atoms with Crippen LogP contribution in [-0.4, -0.2) is 17.8 Å². The molecule has 5 nitrogen and oxygen atoms in total. The SMILES string of the molecule is C=C(/C=C\C=C1/CC(=O)OC1=O)NC(C)=O. The third-order valence-electron chi connectivity index (χ3n) is 1.73. The van der Waals surface area contributed by atoms with Gasteiger partial charge in [-0.25, -0.2) is 4.79 Å². The Bertz CT molecular complexity index is 418. The molecule has 0 spiro atoms. The normalized spacial score (nSPS) is 17.9. The maximum absolute atomic E-state index is 11.0. The van der Waals surface area contributed by atoms with Crippen molar-refractivity contribution in [1.82, 2.24) is 5.32 Å². The number of hydrogen-bond acceptors (Lipinski definition) is 4. The Hall–Kier alpha value is -2.17. The van der Waals surface area contributed by atoms with Crippen molar-refractivity contribution in [2.75, 3.05) is 0 Å². The number of hydrogen-bond donors (Lipinski definition) is 1. The van der Waals surface area contributed by atoms with Gasteiger partial charge in [-0.15, -0.1) is 0 Å². The van der Waals surface area contributed by atoms with Gasteiger partial charge in [-0.1, -0.05) is 18.7 Å². The van der Waals surface area contributed by atoms with Crippen molar-refractivity contribution in [1.29, 1.82) is 0 Å². The third-order valence-corrected chi connectivity index (χ3v) is 1.73. The first-order valence-electron chi connectivity index (χ1n) is 4.58. The van der Waals surface area contributed by atoms with Crippen LogP contribution in [0.3, 0.4) is 0 Å². The van der Waals surface area contributed by atoms with Gasteiger partial charge in [0.1, 0.15) is 0 Å². The molecule has 5 heteroatoms. The largest absolute Gasteiger partial charge is 0.389 e. The minimum Gasteiger partial charge on any atom is -0.389 e. The maximum atomic E-state index is 11.0. The van der Waals surface area contributed by atoms with E-state index in [0.717, 1.165) is 0 Å². The third kappa shape index (κ3) is 3.53. The minimum atomic E-state index is -0.625. The highest BCUT2D eigenvalue weighted by atomic mass is 16.6. The van der Waals surface area contributed by atoms with Crippen LogP contribution in [0, 0.1) is 0 Å². The van der Waals surface area contributed by atoms with Gasteiger partial charge in [0.2, 0.25) is 5.91 Å². The monoisotopic (exact) mass is 221 g/mol.